The second-order valence-electron chi connectivity index (χ2n) is 5.86. The first-order valence-corrected chi connectivity index (χ1v) is 8.03. The van der Waals surface area contributed by atoms with Crippen LogP contribution in [0.3, 0.4) is 0 Å². The molecule has 0 N–H and O–H groups in total. The van der Waals surface area contributed by atoms with Crippen molar-refractivity contribution in [2.24, 2.45) is 0 Å². The Morgan fingerprint density at radius 1 is 1.16 bits per heavy atom. The zero-order valence-electron chi connectivity index (χ0n) is 14.4. The van der Waals surface area contributed by atoms with Gasteiger partial charge in [-0.1, -0.05) is 12.1 Å². The molecule has 1 heterocycles. The van der Waals surface area contributed by atoms with Crippen molar-refractivity contribution < 1.29 is 18.7 Å². The predicted molar refractivity (Wildman–Crippen MR) is 95.6 cm³/mol. The highest BCUT2D eigenvalue weighted by atomic mass is 16.5. The van der Waals surface area contributed by atoms with Gasteiger partial charge < -0.3 is 13.9 Å². The lowest BCUT2D eigenvalue weighted by Gasteiger charge is -2.09. The van der Waals surface area contributed by atoms with E-state index in [4.69, 9.17) is 13.9 Å². The Morgan fingerprint density at radius 3 is 2.80 bits per heavy atom. The predicted octanol–water partition coefficient (Wildman–Crippen LogP) is 4.54. The topological polar surface area (TPSA) is 61.6 Å². The molecule has 25 heavy (non-hydrogen) atoms. The zero-order chi connectivity index (χ0) is 17.8. The lowest BCUT2D eigenvalue weighted by Crippen LogP contribution is -2.05. The fourth-order valence-corrected chi connectivity index (χ4v) is 2.36. The molecule has 3 aromatic rings. The molecule has 0 aliphatic rings. The van der Waals surface area contributed by atoms with E-state index in [1.165, 1.54) is 6.08 Å². The third kappa shape index (κ3) is 4.47. The largest absolute Gasteiger partial charge is 0.491 e. The minimum Gasteiger partial charge on any atom is -0.491 e. The Labute approximate surface area is 145 Å². The van der Waals surface area contributed by atoms with Crippen molar-refractivity contribution in [2.45, 2.75) is 26.9 Å². The van der Waals surface area contributed by atoms with E-state index in [1.807, 2.05) is 38.1 Å². The summed E-state index contributed by atoms with van der Waals surface area (Å²) in [5.74, 6) is 1.28. The van der Waals surface area contributed by atoms with Gasteiger partial charge in [0.05, 0.1) is 6.10 Å². The molecule has 0 unspecified atom stereocenters. The van der Waals surface area contributed by atoms with Crippen LogP contribution in [0.15, 0.2) is 53.0 Å². The van der Waals surface area contributed by atoms with Crippen LogP contribution in [0.1, 0.15) is 25.3 Å². The van der Waals surface area contributed by atoms with Crippen molar-refractivity contribution >= 4 is 23.1 Å². The Balaban J connectivity index is 1.67. The first-order valence-electron chi connectivity index (χ1n) is 8.03. The van der Waals surface area contributed by atoms with E-state index in [9.17, 15) is 4.79 Å². The van der Waals surface area contributed by atoms with Crippen LogP contribution in [0.4, 0.5) is 0 Å². The van der Waals surface area contributed by atoms with E-state index in [0.717, 1.165) is 16.8 Å². The molecule has 3 rings (SSSR count). The van der Waals surface area contributed by atoms with Gasteiger partial charge in [-0.25, -0.2) is 9.78 Å². The van der Waals surface area contributed by atoms with Gasteiger partial charge in [-0.15, -0.1) is 0 Å². The van der Waals surface area contributed by atoms with Gasteiger partial charge in [0, 0.05) is 19.1 Å². The van der Waals surface area contributed by atoms with Crippen molar-refractivity contribution in [2.75, 3.05) is 0 Å². The summed E-state index contributed by atoms with van der Waals surface area (Å²) in [4.78, 5) is 16.2. The van der Waals surface area contributed by atoms with Crippen LogP contribution in [0.25, 0.3) is 17.2 Å². The van der Waals surface area contributed by atoms with Crippen molar-refractivity contribution in [3.8, 4) is 11.5 Å². The number of carbonyl (C=O) groups excluding carboxylic acids is 1. The molecule has 0 saturated carbocycles. The maximum atomic E-state index is 12.0. The first-order chi connectivity index (χ1) is 12.0. The quantitative estimate of drug-likeness (QED) is 0.388. The Morgan fingerprint density at radius 2 is 2.00 bits per heavy atom. The van der Waals surface area contributed by atoms with Crippen LogP contribution in [-0.4, -0.2) is 17.1 Å². The first kappa shape index (κ1) is 16.8. The number of benzene rings is 2. The number of aryl methyl sites for hydroxylation is 1. The monoisotopic (exact) mass is 337 g/mol. The van der Waals surface area contributed by atoms with Gasteiger partial charge >= 0.3 is 5.97 Å². The maximum Gasteiger partial charge on any atom is 0.336 e. The van der Waals surface area contributed by atoms with Crippen LogP contribution in [0, 0.1) is 6.92 Å². The van der Waals surface area contributed by atoms with Crippen molar-refractivity contribution in [3.63, 3.8) is 0 Å². The van der Waals surface area contributed by atoms with Gasteiger partial charge in [-0.05, 0) is 49.8 Å². The highest BCUT2D eigenvalue weighted by Crippen LogP contribution is 2.22. The average molecular weight is 337 g/mol. The van der Waals surface area contributed by atoms with E-state index in [-0.39, 0.29) is 6.10 Å². The molecule has 128 valence electrons. The van der Waals surface area contributed by atoms with Gasteiger partial charge in [-0.2, -0.15) is 0 Å². The zero-order valence-corrected chi connectivity index (χ0v) is 14.4. The van der Waals surface area contributed by atoms with Crippen LogP contribution < -0.4 is 9.47 Å². The molecule has 0 amide bonds. The second kappa shape index (κ2) is 7.21. The van der Waals surface area contributed by atoms with Gasteiger partial charge in [0.25, 0.3) is 0 Å². The fourth-order valence-electron chi connectivity index (χ4n) is 2.36. The third-order valence-corrected chi connectivity index (χ3v) is 3.33. The highest BCUT2D eigenvalue weighted by molar-refractivity contribution is 5.89. The lowest BCUT2D eigenvalue weighted by atomic mass is 10.2. The molecule has 0 spiro atoms. The summed E-state index contributed by atoms with van der Waals surface area (Å²) in [5, 5.41) is 0. The number of hydrogen-bond donors (Lipinski definition) is 0. The van der Waals surface area contributed by atoms with E-state index in [0.29, 0.717) is 17.2 Å². The number of nitrogens with zero attached hydrogens (tertiary/aromatic N) is 1. The van der Waals surface area contributed by atoms with Gasteiger partial charge in [-0.3, -0.25) is 0 Å². The fraction of sp³-hybridized carbons (Fsp3) is 0.200. The van der Waals surface area contributed by atoms with E-state index >= 15 is 0 Å². The number of aromatic nitrogens is 1. The number of ether oxygens (including phenoxy) is 2. The van der Waals surface area contributed by atoms with Gasteiger partial charge in [0.2, 0.25) is 0 Å². The van der Waals surface area contributed by atoms with Crippen LogP contribution in [0.5, 0.6) is 11.5 Å². The number of hydrogen-bond acceptors (Lipinski definition) is 5. The minimum atomic E-state index is -0.467. The molecule has 5 heteroatoms. The molecule has 0 aliphatic heterocycles. The molecule has 0 atom stereocenters. The molecule has 0 fully saturated rings. The summed E-state index contributed by atoms with van der Waals surface area (Å²) < 4.78 is 16.4. The Hall–Kier alpha value is -3.08. The summed E-state index contributed by atoms with van der Waals surface area (Å²) in [6.07, 6.45) is 3.16. The smallest absolute Gasteiger partial charge is 0.336 e. The number of fused-ring (bicyclic) bond motifs is 1. The maximum absolute atomic E-state index is 12.0. The molecule has 0 bridgehead atoms. The number of carbonyl (C=O) groups is 1. The second-order valence-corrected chi connectivity index (χ2v) is 5.86. The molecule has 1 aromatic heterocycles. The third-order valence-electron chi connectivity index (χ3n) is 3.33. The molecular weight excluding hydrogens is 318 g/mol. The lowest BCUT2D eigenvalue weighted by molar-refractivity contribution is -0.128. The van der Waals surface area contributed by atoms with Crippen molar-refractivity contribution in [3.05, 3.63) is 60.0 Å². The molecule has 0 radical (unpaired) electrons. The van der Waals surface area contributed by atoms with Crippen LogP contribution in [-0.2, 0) is 4.79 Å². The van der Waals surface area contributed by atoms with Gasteiger partial charge in [0.15, 0.2) is 11.5 Å². The SMILES string of the molecule is Cc1nc2ccc(OC(=O)/C=C/c3cccc(OC(C)C)c3)cc2o1. The molecule has 2 aromatic carbocycles. The summed E-state index contributed by atoms with van der Waals surface area (Å²) in [7, 11) is 0. The van der Waals surface area contributed by atoms with Crippen molar-refractivity contribution in [1.82, 2.24) is 4.98 Å². The minimum absolute atomic E-state index is 0.0961. The summed E-state index contributed by atoms with van der Waals surface area (Å²) in [5.41, 5.74) is 2.18. The van der Waals surface area contributed by atoms with Crippen LogP contribution in [0.2, 0.25) is 0 Å². The molecule has 0 saturated heterocycles. The summed E-state index contributed by atoms with van der Waals surface area (Å²) >= 11 is 0. The molecule has 0 aliphatic carbocycles. The standard InChI is InChI=1S/C20H19NO4/c1-13(2)23-16-6-4-5-15(11-16)7-10-20(22)25-17-8-9-18-19(12-17)24-14(3)21-18/h4-13H,1-3H3/b10-7+. The van der Waals surface area contributed by atoms with E-state index < -0.39 is 5.97 Å². The van der Waals surface area contributed by atoms with E-state index in [1.54, 1.807) is 31.2 Å². The van der Waals surface area contributed by atoms with Gasteiger partial charge in [0.1, 0.15) is 17.0 Å². The van der Waals surface area contributed by atoms with E-state index in [2.05, 4.69) is 4.98 Å². The molecule has 5 nitrogen and oxygen atoms in total. The summed E-state index contributed by atoms with van der Waals surface area (Å²) in [6.45, 7) is 5.70. The highest BCUT2D eigenvalue weighted by Gasteiger charge is 2.06. The number of rotatable bonds is 5. The average Bonchev–Trinajstić information content (AvgIpc) is 2.92. The van der Waals surface area contributed by atoms with Crippen LogP contribution >= 0.6 is 0 Å². The number of oxazole rings is 1. The Kier molecular flexibility index (Phi) is 4.84. The van der Waals surface area contributed by atoms with Crippen molar-refractivity contribution in [1.29, 1.82) is 0 Å². The normalized spacial score (nSPS) is 11.4. The summed E-state index contributed by atoms with van der Waals surface area (Å²) in [6, 6.07) is 12.6. The number of esters is 1. The Bertz CT molecular complexity index is 924. The molecular formula is C20H19NO4.